The Morgan fingerprint density at radius 2 is 1.88 bits per heavy atom. The Morgan fingerprint density at radius 1 is 1.19 bits per heavy atom. The van der Waals surface area contributed by atoms with Crippen LogP contribution in [0.1, 0.15) is 29.5 Å². The van der Waals surface area contributed by atoms with E-state index < -0.39 is 0 Å². The normalized spacial score (nSPS) is 24.9. The maximum Gasteiger partial charge on any atom is 0.0603 e. The molecular formula is C14H19NO. The van der Waals surface area contributed by atoms with Crippen LogP contribution in [0.4, 0.5) is 0 Å². The summed E-state index contributed by atoms with van der Waals surface area (Å²) in [7, 11) is 0. The van der Waals surface area contributed by atoms with Crippen LogP contribution in [0, 0.1) is 13.8 Å². The molecule has 0 atom stereocenters. The third-order valence-corrected chi connectivity index (χ3v) is 4.34. The summed E-state index contributed by atoms with van der Waals surface area (Å²) in [5.74, 6) is 0. The van der Waals surface area contributed by atoms with Gasteiger partial charge >= 0.3 is 0 Å². The van der Waals surface area contributed by atoms with Crippen molar-refractivity contribution in [2.24, 2.45) is 5.73 Å². The fourth-order valence-corrected chi connectivity index (χ4v) is 2.98. The molecular weight excluding hydrogens is 198 g/mol. The first kappa shape index (κ1) is 10.3. The van der Waals surface area contributed by atoms with Crippen LogP contribution >= 0.6 is 0 Å². The van der Waals surface area contributed by atoms with Gasteiger partial charge < -0.3 is 10.5 Å². The van der Waals surface area contributed by atoms with E-state index in [0.717, 1.165) is 26.1 Å². The Balaban J connectivity index is 2.07. The average molecular weight is 217 g/mol. The molecule has 0 amide bonds. The molecule has 2 aliphatic rings. The average Bonchev–Trinajstić information content (AvgIpc) is 2.87. The number of aryl methyl sites for hydroxylation is 2. The zero-order valence-corrected chi connectivity index (χ0v) is 10.0. The van der Waals surface area contributed by atoms with Gasteiger partial charge in [-0.2, -0.15) is 0 Å². The predicted octanol–water partition coefficient (Wildman–Crippen LogP) is 2.06. The zero-order valence-electron chi connectivity index (χ0n) is 10.0. The Hall–Kier alpha value is -0.860. The Labute approximate surface area is 96.8 Å². The van der Waals surface area contributed by atoms with E-state index in [2.05, 4.69) is 32.0 Å². The quantitative estimate of drug-likeness (QED) is 0.823. The second kappa shape index (κ2) is 3.08. The molecule has 1 aliphatic carbocycles. The summed E-state index contributed by atoms with van der Waals surface area (Å²) in [6.45, 7) is 5.92. The van der Waals surface area contributed by atoms with E-state index in [9.17, 15) is 0 Å². The summed E-state index contributed by atoms with van der Waals surface area (Å²) in [5.41, 5.74) is 10.6. The van der Waals surface area contributed by atoms with E-state index in [0.29, 0.717) is 0 Å². The molecule has 2 fully saturated rings. The van der Waals surface area contributed by atoms with Crippen LogP contribution in [0.5, 0.6) is 0 Å². The minimum absolute atomic E-state index is 0.00523. The lowest BCUT2D eigenvalue weighted by Gasteiger charge is -2.47. The summed E-state index contributed by atoms with van der Waals surface area (Å²) in [6, 6.07) is 6.69. The lowest BCUT2D eigenvalue weighted by atomic mass is 9.69. The molecule has 1 aromatic rings. The number of ether oxygens (including phenoxy) is 1. The molecule has 0 spiro atoms. The molecule has 1 saturated carbocycles. The number of benzene rings is 1. The topological polar surface area (TPSA) is 35.2 Å². The molecule has 1 saturated heterocycles. The highest BCUT2D eigenvalue weighted by molar-refractivity contribution is 5.43. The van der Waals surface area contributed by atoms with E-state index in [1.54, 1.807) is 0 Å². The van der Waals surface area contributed by atoms with Gasteiger partial charge in [0.25, 0.3) is 0 Å². The molecule has 1 heterocycles. The molecule has 86 valence electrons. The van der Waals surface area contributed by atoms with Crippen LogP contribution in [-0.2, 0) is 10.2 Å². The van der Waals surface area contributed by atoms with Crippen LogP contribution in [-0.4, -0.2) is 18.8 Å². The van der Waals surface area contributed by atoms with Crippen molar-refractivity contribution in [3.63, 3.8) is 0 Å². The highest BCUT2D eigenvalue weighted by Gasteiger charge is 2.61. The van der Waals surface area contributed by atoms with E-state index in [4.69, 9.17) is 10.5 Å². The van der Waals surface area contributed by atoms with E-state index in [-0.39, 0.29) is 11.0 Å². The number of nitrogens with two attached hydrogens (primary N) is 1. The van der Waals surface area contributed by atoms with Gasteiger partial charge in [-0.3, -0.25) is 0 Å². The first-order valence-electron chi connectivity index (χ1n) is 6.02. The van der Waals surface area contributed by atoms with Gasteiger partial charge in [0.05, 0.1) is 18.6 Å². The van der Waals surface area contributed by atoms with Crippen LogP contribution in [0.3, 0.4) is 0 Å². The maximum absolute atomic E-state index is 6.45. The summed E-state index contributed by atoms with van der Waals surface area (Å²) in [5, 5.41) is 0. The van der Waals surface area contributed by atoms with Crippen molar-refractivity contribution in [1.82, 2.24) is 0 Å². The third kappa shape index (κ3) is 1.20. The fraction of sp³-hybridized carbons (Fsp3) is 0.571. The van der Waals surface area contributed by atoms with Gasteiger partial charge in [-0.25, -0.2) is 0 Å². The lowest BCUT2D eigenvalue weighted by Crippen LogP contribution is -2.61. The molecule has 0 unspecified atom stereocenters. The first-order valence-corrected chi connectivity index (χ1v) is 6.02. The van der Waals surface area contributed by atoms with Gasteiger partial charge in [0.1, 0.15) is 0 Å². The Morgan fingerprint density at radius 3 is 2.31 bits per heavy atom. The standard InChI is InChI=1S/C14H19NO/c1-10-3-4-12(11(2)7-10)13(8-16-9-13)14(15)5-6-14/h3-4,7H,5-6,8-9,15H2,1-2H3. The van der Waals surface area contributed by atoms with Crippen molar-refractivity contribution >= 4 is 0 Å². The molecule has 0 bridgehead atoms. The SMILES string of the molecule is Cc1ccc(C2(C3(N)CC3)COC2)c(C)c1. The van der Waals surface area contributed by atoms with Gasteiger partial charge in [-0.15, -0.1) is 0 Å². The fourth-order valence-electron chi connectivity index (χ4n) is 2.98. The predicted molar refractivity (Wildman–Crippen MR) is 64.6 cm³/mol. The minimum atomic E-state index is 0.00523. The van der Waals surface area contributed by atoms with Crippen molar-refractivity contribution in [2.75, 3.05) is 13.2 Å². The molecule has 2 N–H and O–H groups in total. The molecule has 1 aliphatic heterocycles. The van der Waals surface area contributed by atoms with E-state index in [1.165, 1.54) is 16.7 Å². The summed E-state index contributed by atoms with van der Waals surface area (Å²) < 4.78 is 5.46. The first-order chi connectivity index (χ1) is 7.57. The number of rotatable bonds is 2. The third-order valence-electron chi connectivity index (χ3n) is 4.34. The minimum Gasteiger partial charge on any atom is -0.379 e. The zero-order chi connectivity index (χ0) is 11.4. The summed E-state index contributed by atoms with van der Waals surface area (Å²) in [4.78, 5) is 0. The van der Waals surface area contributed by atoms with Gasteiger partial charge in [-0.05, 0) is 37.8 Å². The molecule has 3 rings (SSSR count). The summed E-state index contributed by atoms with van der Waals surface area (Å²) >= 11 is 0. The van der Waals surface area contributed by atoms with Gasteiger partial charge in [0, 0.05) is 5.54 Å². The molecule has 1 aromatic carbocycles. The number of hydrogen-bond donors (Lipinski definition) is 1. The van der Waals surface area contributed by atoms with Crippen LogP contribution in [0.15, 0.2) is 18.2 Å². The Kier molecular flexibility index (Phi) is 1.99. The van der Waals surface area contributed by atoms with E-state index >= 15 is 0 Å². The summed E-state index contributed by atoms with van der Waals surface area (Å²) in [6.07, 6.45) is 2.29. The molecule has 16 heavy (non-hydrogen) atoms. The smallest absolute Gasteiger partial charge is 0.0603 e. The van der Waals surface area contributed by atoms with Crippen molar-refractivity contribution < 1.29 is 4.74 Å². The largest absolute Gasteiger partial charge is 0.379 e. The monoisotopic (exact) mass is 217 g/mol. The van der Waals surface area contributed by atoms with Crippen LogP contribution < -0.4 is 5.73 Å². The highest BCUT2D eigenvalue weighted by atomic mass is 16.5. The van der Waals surface area contributed by atoms with Crippen molar-refractivity contribution in [1.29, 1.82) is 0 Å². The number of hydrogen-bond acceptors (Lipinski definition) is 2. The second-order valence-electron chi connectivity index (χ2n) is 5.55. The molecule has 0 aromatic heterocycles. The highest BCUT2D eigenvalue weighted by Crippen LogP contribution is 2.54. The van der Waals surface area contributed by atoms with Gasteiger partial charge in [0.2, 0.25) is 0 Å². The van der Waals surface area contributed by atoms with Crippen molar-refractivity contribution in [3.05, 3.63) is 34.9 Å². The Bertz CT molecular complexity index is 430. The van der Waals surface area contributed by atoms with E-state index in [1.807, 2.05) is 0 Å². The van der Waals surface area contributed by atoms with Crippen LogP contribution in [0.25, 0.3) is 0 Å². The molecule has 0 radical (unpaired) electrons. The maximum atomic E-state index is 6.45. The van der Waals surface area contributed by atoms with Crippen LogP contribution in [0.2, 0.25) is 0 Å². The molecule has 2 nitrogen and oxygen atoms in total. The van der Waals surface area contributed by atoms with Gasteiger partial charge in [-0.1, -0.05) is 23.8 Å². The van der Waals surface area contributed by atoms with Crippen molar-refractivity contribution in [2.45, 2.75) is 37.6 Å². The van der Waals surface area contributed by atoms with Crippen molar-refractivity contribution in [3.8, 4) is 0 Å². The second-order valence-corrected chi connectivity index (χ2v) is 5.55. The molecule has 2 heteroatoms. The lowest BCUT2D eigenvalue weighted by molar-refractivity contribution is -0.0789. The van der Waals surface area contributed by atoms with Gasteiger partial charge in [0.15, 0.2) is 0 Å².